The van der Waals surface area contributed by atoms with Gasteiger partial charge in [0.25, 0.3) is 15.9 Å². The van der Waals surface area contributed by atoms with Crippen LogP contribution in [-0.4, -0.2) is 41.2 Å². The first kappa shape index (κ1) is 21.1. The molecule has 2 aliphatic rings. The highest BCUT2D eigenvalue weighted by Gasteiger charge is 2.31. The van der Waals surface area contributed by atoms with Crippen LogP contribution in [0, 0.1) is 0 Å². The Bertz CT molecular complexity index is 1340. The van der Waals surface area contributed by atoms with Gasteiger partial charge in [-0.25, -0.2) is 8.42 Å². The Morgan fingerprint density at radius 1 is 1.00 bits per heavy atom. The van der Waals surface area contributed by atoms with Crippen LogP contribution < -0.4 is 23.8 Å². The maximum atomic E-state index is 13.4. The van der Waals surface area contributed by atoms with E-state index in [9.17, 15) is 13.2 Å². The molecule has 0 saturated carbocycles. The highest BCUT2D eigenvalue weighted by atomic mass is 32.2. The molecule has 2 aliphatic heterocycles. The second-order valence-corrected chi connectivity index (χ2v) is 9.49. The summed E-state index contributed by atoms with van der Waals surface area (Å²) >= 11 is 0. The lowest BCUT2D eigenvalue weighted by atomic mass is 10.1. The second-order valence-electron chi connectivity index (χ2n) is 7.63. The molecule has 3 aromatic carbocycles. The van der Waals surface area contributed by atoms with Crippen molar-refractivity contribution in [2.24, 2.45) is 0 Å². The van der Waals surface area contributed by atoms with Gasteiger partial charge in [0.2, 0.25) is 0 Å². The third-order valence-electron chi connectivity index (χ3n) is 5.65. The minimum Gasteiger partial charge on any atom is -0.496 e. The molecule has 2 heterocycles. The van der Waals surface area contributed by atoms with Crippen molar-refractivity contribution in [2.45, 2.75) is 11.3 Å². The Labute approximate surface area is 191 Å². The molecule has 33 heavy (non-hydrogen) atoms. The van der Waals surface area contributed by atoms with Gasteiger partial charge >= 0.3 is 0 Å². The van der Waals surface area contributed by atoms with Gasteiger partial charge in [0, 0.05) is 18.3 Å². The van der Waals surface area contributed by atoms with E-state index >= 15 is 0 Å². The van der Waals surface area contributed by atoms with Crippen LogP contribution in [0.5, 0.6) is 17.2 Å². The average molecular weight is 467 g/mol. The molecule has 5 rings (SSSR count). The predicted molar refractivity (Wildman–Crippen MR) is 123 cm³/mol. The van der Waals surface area contributed by atoms with Crippen molar-refractivity contribution in [1.29, 1.82) is 0 Å². The summed E-state index contributed by atoms with van der Waals surface area (Å²) in [6, 6.07) is 16.8. The van der Waals surface area contributed by atoms with Crippen molar-refractivity contribution in [3.63, 3.8) is 0 Å². The number of carbonyl (C=O) groups excluding carboxylic acids is 1. The first-order chi connectivity index (χ1) is 16.0. The largest absolute Gasteiger partial charge is 0.496 e. The molecular weight excluding hydrogens is 444 g/mol. The third-order valence-corrected chi connectivity index (χ3v) is 7.46. The molecule has 0 atom stereocenters. The maximum Gasteiger partial charge on any atom is 0.264 e. The number of sulfonamides is 1. The summed E-state index contributed by atoms with van der Waals surface area (Å²) in [6.45, 7) is 1.25. The topological polar surface area (TPSA) is 94.2 Å². The zero-order chi connectivity index (χ0) is 23.0. The normalized spacial score (nSPS) is 14.5. The second kappa shape index (κ2) is 8.32. The number of amides is 1. The lowest BCUT2D eigenvalue weighted by Gasteiger charge is -2.21. The number of rotatable bonds is 5. The van der Waals surface area contributed by atoms with Crippen LogP contribution in [0.25, 0.3) is 0 Å². The lowest BCUT2D eigenvalue weighted by molar-refractivity contribution is 0.102. The zero-order valence-corrected chi connectivity index (χ0v) is 18.7. The zero-order valence-electron chi connectivity index (χ0n) is 17.9. The molecule has 0 spiro atoms. The highest BCUT2D eigenvalue weighted by Crippen LogP contribution is 2.35. The van der Waals surface area contributed by atoms with E-state index in [-0.39, 0.29) is 16.2 Å². The quantitative estimate of drug-likeness (QED) is 0.619. The molecule has 0 saturated heterocycles. The molecular formula is C24H22N2O6S. The number of carbonyl (C=O) groups is 1. The van der Waals surface area contributed by atoms with E-state index in [0.717, 1.165) is 5.56 Å². The Morgan fingerprint density at radius 3 is 2.61 bits per heavy atom. The summed E-state index contributed by atoms with van der Waals surface area (Å²) < 4.78 is 44.6. The van der Waals surface area contributed by atoms with E-state index < -0.39 is 15.9 Å². The summed E-state index contributed by atoms with van der Waals surface area (Å²) in [5.74, 6) is 0.916. The Morgan fingerprint density at radius 2 is 1.79 bits per heavy atom. The van der Waals surface area contributed by atoms with Gasteiger partial charge in [0.15, 0.2) is 11.5 Å². The van der Waals surface area contributed by atoms with Crippen LogP contribution in [0.4, 0.5) is 11.4 Å². The van der Waals surface area contributed by atoms with E-state index in [4.69, 9.17) is 14.2 Å². The van der Waals surface area contributed by atoms with Crippen molar-refractivity contribution in [3.05, 3.63) is 71.8 Å². The van der Waals surface area contributed by atoms with Crippen molar-refractivity contribution in [1.82, 2.24) is 0 Å². The van der Waals surface area contributed by atoms with Gasteiger partial charge in [-0.3, -0.25) is 9.10 Å². The Hall–Kier alpha value is -3.72. The predicted octanol–water partition coefficient (Wildman–Crippen LogP) is 3.47. The number of nitrogens with one attached hydrogen (secondary N) is 1. The SMILES string of the molecule is COc1ccc(S(=O)(=O)N2CCc3ccccc32)cc1C(=O)Nc1ccc2c(c1)OCCO2. The third kappa shape index (κ3) is 3.84. The molecule has 0 unspecified atom stereocenters. The lowest BCUT2D eigenvalue weighted by Crippen LogP contribution is -2.29. The fraction of sp³-hybridized carbons (Fsp3) is 0.208. The average Bonchev–Trinajstić information content (AvgIpc) is 3.28. The minimum absolute atomic E-state index is 0.0207. The monoisotopic (exact) mass is 466 g/mol. The van der Waals surface area contributed by atoms with Crippen LogP contribution in [0.2, 0.25) is 0 Å². The molecule has 1 amide bonds. The molecule has 0 aliphatic carbocycles. The number of anilines is 2. The van der Waals surface area contributed by atoms with Gasteiger partial charge < -0.3 is 19.5 Å². The van der Waals surface area contributed by atoms with E-state index in [1.54, 1.807) is 24.3 Å². The molecule has 3 aromatic rings. The van der Waals surface area contributed by atoms with Crippen molar-refractivity contribution >= 4 is 27.3 Å². The van der Waals surface area contributed by atoms with Crippen LogP contribution >= 0.6 is 0 Å². The highest BCUT2D eigenvalue weighted by molar-refractivity contribution is 7.92. The number of hydrogen-bond acceptors (Lipinski definition) is 6. The van der Waals surface area contributed by atoms with Gasteiger partial charge in [-0.1, -0.05) is 18.2 Å². The van der Waals surface area contributed by atoms with Gasteiger partial charge in [-0.2, -0.15) is 0 Å². The molecule has 0 bridgehead atoms. The fourth-order valence-electron chi connectivity index (χ4n) is 4.03. The van der Waals surface area contributed by atoms with Gasteiger partial charge in [0.1, 0.15) is 19.0 Å². The standard InChI is InChI=1S/C24H22N2O6S/c1-30-21-9-7-18(33(28,29)26-11-10-16-4-2-3-5-20(16)26)15-19(21)24(27)25-17-6-8-22-23(14-17)32-13-12-31-22/h2-9,14-15H,10-13H2,1H3,(H,25,27). The van der Waals surface area contributed by atoms with Gasteiger partial charge in [-0.05, 0) is 48.4 Å². The maximum absolute atomic E-state index is 13.4. The van der Waals surface area contributed by atoms with E-state index in [1.165, 1.54) is 29.6 Å². The van der Waals surface area contributed by atoms with Crippen LogP contribution in [-0.2, 0) is 16.4 Å². The minimum atomic E-state index is -3.86. The molecule has 1 N–H and O–H groups in total. The molecule has 9 heteroatoms. The number of para-hydroxylation sites is 1. The Balaban J connectivity index is 1.46. The van der Waals surface area contributed by atoms with E-state index in [2.05, 4.69) is 5.32 Å². The molecule has 170 valence electrons. The van der Waals surface area contributed by atoms with Gasteiger partial charge in [0.05, 0.1) is 23.3 Å². The first-order valence-corrected chi connectivity index (χ1v) is 11.9. The smallest absolute Gasteiger partial charge is 0.264 e. The molecule has 0 aromatic heterocycles. The van der Waals surface area contributed by atoms with Crippen LogP contribution in [0.15, 0.2) is 65.6 Å². The first-order valence-electron chi connectivity index (χ1n) is 10.5. The number of methoxy groups -OCH3 is 1. The number of nitrogens with zero attached hydrogens (tertiary/aromatic N) is 1. The van der Waals surface area contributed by atoms with Crippen molar-refractivity contribution in [2.75, 3.05) is 36.5 Å². The fourth-order valence-corrected chi connectivity index (χ4v) is 5.56. The van der Waals surface area contributed by atoms with Crippen molar-refractivity contribution < 1.29 is 27.4 Å². The number of benzene rings is 3. The van der Waals surface area contributed by atoms with Crippen molar-refractivity contribution in [3.8, 4) is 17.2 Å². The molecule has 0 fully saturated rings. The van der Waals surface area contributed by atoms with Gasteiger partial charge in [-0.15, -0.1) is 0 Å². The summed E-state index contributed by atoms with van der Waals surface area (Å²) in [5, 5.41) is 2.78. The number of hydrogen-bond donors (Lipinski definition) is 1. The summed E-state index contributed by atoms with van der Waals surface area (Å²) in [5.41, 5.74) is 2.25. The Kier molecular flexibility index (Phi) is 5.33. The van der Waals surface area contributed by atoms with E-state index in [0.29, 0.717) is 49.1 Å². The summed E-state index contributed by atoms with van der Waals surface area (Å²) in [7, 11) is -2.43. The number of fused-ring (bicyclic) bond motifs is 2. The summed E-state index contributed by atoms with van der Waals surface area (Å²) in [6.07, 6.45) is 0.642. The van der Waals surface area contributed by atoms with Crippen LogP contribution in [0.3, 0.4) is 0 Å². The van der Waals surface area contributed by atoms with E-state index in [1.807, 2.05) is 18.2 Å². The molecule has 8 nitrogen and oxygen atoms in total. The van der Waals surface area contributed by atoms with Crippen LogP contribution in [0.1, 0.15) is 15.9 Å². The number of ether oxygens (including phenoxy) is 3. The molecule has 0 radical (unpaired) electrons. The summed E-state index contributed by atoms with van der Waals surface area (Å²) in [4.78, 5) is 13.1.